The van der Waals surface area contributed by atoms with E-state index in [4.69, 9.17) is 14.0 Å². The van der Waals surface area contributed by atoms with Crippen molar-refractivity contribution >= 4 is 11.6 Å². The lowest BCUT2D eigenvalue weighted by Crippen LogP contribution is -2.16. The maximum atomic E-state index is 12.7. The normalized spacial score (nSPS) is 10.5. The van der Waals surface area contributed by atoms with E-state index in [2.05, 4.69) is 10.5 Å². The number of amides is 1. The maximum absolute atomic E-state index is 12.7. The van der Waals surface area contributed by atoms with Gasteiger partial charge in [-0.15, -0.1) is 0 Å². The van der Waals surface area contributed by atoms with Gasteiger partial charge < -0.3 is 19.3 Å². The quantitative estimate of drug-likeness (QED) is 0.698. The SMILES string of the molecule is COc1ccccc1NC(=O)c1noc(C)c1COc1cccc(C)c1C. The fourth-order valence-electron chi connectivity index (χ4n) is 2.70. The van der Waals surface area contributed by atoms with Gasteiger partial charge in [-0.3, -0.25) is 4.79 Å². The van der Waals surface area contributed by atoms with Crippen LogP contribution in [-0.4, -0.2) is 18.2 Å². The summed E-state index contributed by atoms with van der Waals surface area (Å²) >= 11 is 0. The first-order valence-corrected chi connectivity index (χ1v) is 8.59. The average molecular weight is 366 g/mol. The van der Waals surface area contributed by atoms with Crippen LogP contribution in [0.2, 0.25) is 0 Å². The Bertz CT molecular complexity index is 963. The highest BCUT2D eigenvalue weighted by molar-refractivity contribution is 6.04. The first kappa shape index (κ1) is 18.5. The van der Waals surface area contributed by atoms with Gasteiger partial charge in [0.15, 0.2) is 5.69 Å². The number of aromatic nitrogens is 1. The van der Waals surface area contributed by atoms with Crippen molar-refractivity contribution in [2.75, 3.05) is 12.4 Å². The molecule has 1 heterocycles. The Kier molecular flexibility index (Phi) is 5.45. The van der Waals surface area contributed by atoms with E-state index >= 15 is 0 Å². The number of carbonyl (C=O) groups is 1. The zero-order valence-corrected chi connectivity index (χ0v) is 15.8. The molecule has 0 saturated carbocycles. The lowest BCUT2D eigenvalue weighted by molar-refractivity contribution is 0.101. The molecule has 0 aliphatic rings. The van der Waals surface area contributed by atoms with Crippen LogP contribution in [0.4, 0.5) is 5.69 Å². The fourth-order valence-corrected chi connectivity index (χ4v) is 2.70. The van der Waals surface area contributed by atoms with Crippen molar-refractivity contribution in [2.45, 2.75) is 27.4 Å². The topological polar surface area (TPSA) is 73.6 Å². The van der Waals surface area contributed by atoms with Gasteiger partial charge in [0.05, 0.1) is 18.4 Å². The Morgan fingerprint density at radius 3 is 2.59 bits per heavy atom. The molecule has 0 spiro atoms. The van der Waals surface area contributed by atoms with Gasteiger partial charge in [-0.25, -0.2) is 0 Å². The van der Waals surface area contributed by atoms with E-state index in [0.29, 0.717) is 22.8 Å². The fraction of sp³-hybridized carbons (Fsp3) is 0.238. The second-order valence-corrected chi connectivity index (χ2v) is 6.21. The summed E-state index contributed by atoms with van der Waals surface area (Å²) in [5.74, 6) is 1.51. The second-order valence-electron chi connectivity index (χ2n) is 6.21. The molecule has 2 aromatic carbocycles. The van der Waals surface area contributed by atoms with E-state index in [0.717, 1.165) is 16.9 Å². The summed E-state index contributed by atoms with van der Waals surface area (Å²) in [6, 6.07) is 13.0. The zero-order valence-electron chi connectivity index (χ0n) is 15.8. The number of carbonyl (C=O) groups excluding carboxylic acids is 1. The highest BCUT2D eigenvalue weighted by atomic mass is 16.5. The Morgan fingerprint density at radius 2 is 1.81 bits per heavy atom. The predicted octanol–water partition coefficient (Wildman–Crippen LogP) is 4.44. The Labute approximate surface area is 158 Å². The van der Waals surface area contributed by atoms with Gasteiger partial charge >= 0.3 is 0 Å². The third kappa shape index (κ3) is 3.95. The van der Waals surface area contributed by atoms with E-state index in [1.165, 1.54) is 0 Å². The Balaban J connectivity index is 1.80. The summed E-state index contributed by atoms with van der Waals surface area (Å²) in [5.41, 5.74) is 3.58. The molecule has 1 aromatic heterocycles. The number of nitrogens with zero attached hydrogens (tertiary/aromatic N) is 1. The number of methoxy groups -OCH3 is 1. The summed E-state index contributed by atoms with van der Waals surface area (Å²) in [7, 11) is 1.55. The van der Waals surface area contributed by atoms with Crippen LogP contribution in [0.25, 0.3) is 0 Å². The molecule has 0 bridgehead atoms. The lowest BCUT2D eigenvalue weighted by atomic mass is 10.1. The van der Waals surface area contributed by atoms with Crippen LogP contribution in [0.1, 0.15) is 32.9 Å². The molecular formula is C21H22N2O4. The number of anilines is 1. The summed E-state index contributed by atoms with van der Waals surface area (Å²) in [4.78, 5) is 12.7. The van der Waals surface area contributed by atoms with Crippen molar-refractivity contribution in [1.82, 2.24) is 5.16 Å². The molecule has 0 unspecified atom stereocenters. The summed E-state index contributed by atoms with van der Waals surface area (Å²) in [5, 5.41) is 6.72. The number of hydrogen-bond donors (Lipinski definition) is 1. The van der Waals surface area contributed by atoms with Crippen molar-refractivity contribution in [3.8, 4) is 11.5 Å². The van der Waals surface area contributed by atoms with Crippen LogP contribution in [0.5, 0.6) is 11.5 Å². The van der Waals surface area contributed by atoms with E-state index in [-0.39, 0.29) is 18.2 Å². The number of rotatable bonds is 6. The smallest absolute Gasteiger partial charge is 0.278 e. The molecule has 3 rings (SSSR count). The molecule has 140 valence electrons. The van der Waals surface area contributed by atoms with Crippen LogP contribution in [0.15, 0.2) is 47.0 Å². The van der Waals surface area contributed by atoms with Gasteiger partial charge in [-0.05, 0) is 50.1 Å². The van der Waals surface area contributed by atoms with Crippen LogP contribution in [0.3, 0.4) is 0 Å². The number of nitrogens with one attached hydrogen (secondary N) is 1. The summed E-state index contributed by atoms with van der Waals surface area (Å²) < 4.78 is 16.4. The van der Waals surface area contributed by atoms with Gasteiger partial charge in [0, 0.05) is 0 Å². The minimum Gasteiger partial charge on any atom is -0.495 e. The van der Waals surface area contributed by atoms with Crippen LogP contribution < -0.4 is 14.8 Å². The van der Waals surface area contributed by atoms with E-state index in [9.17, 15) is 4.79 Å². The van der Waals surface area contributed by atoms with Gasteiger partial charge in [0.25, 0.3) is 5.91 Å². The predicted molar refractivity (Wildman–Crippen MR) is 102 cm³/mol. The van der Waals surface area contributed by atoms with Crippen LogP contribution >= 0.6 is 0 Å². The molecule has 0 radical (unpaired) electrons. The summed E-state index contributed by atoms with van der Waals surface area (Å²) in [6.45, 7) is 5.97. The Hall–Kier alpha value is -3.28. The minimum atomic E-state index is -0.379. The van der Waals surface area contributed by atoms with Gasteiger partial charge in [-0.2, -0.15) is 0 Å². The molecule has 6 heteroatoms. The van der Waals surface area contributed by atoms with E-state index < -0.39 is 0 Å². The van der Waals surface area contributed by atoms with Gasteiger partial charge in [-0.1, -0.05) is 29.4 Å². The molecule has 1 amide bonds. The molecule has 0 saturated heterocycles. The Morgan fingerprint density at radius 1 is 1.07 bits per heavy atom. The zero-order chi connectivity index (χ0) is 19.4. The molecule has 27 heavy (non-hydrogen) atoms. The van der Waals surface area contributed by atoms with E-state index in [1.807, 2.05) is 44.2 Å². The van der Waals surface area contributed by atoms with Crippen molar-refractivity contribution in [3.63, 3.8) is 0 Å². The molecule has 0 aliphatic carbocycles. The van der Waals surface area contributed by atoms with Crippen molar-refractivity contribution in [3.05, 3.63) is 70.6 Å². The maximum Gasteiger partial charge on any atom is 0.278 e. The number of para-hydroxylation sites is 2. The highest BCUT2D eigenvalue weighted by Gasteiger charge is 2.21. The molecular weight excluding hydrogens is 344 g/mol. The number of aryl methyl sites for hydroxylation is 2. The standard InChI is InChI=1S/C21H22N2O4/c1-13-8-7-11-18(14(13)2)26-12-16-15(3)27-23-20(16)21(24)22-17-9-5-6-10-19(17)25-4/h5-11H,12H2,1-4H3,(H,22,24). The molecule has 3 aromatic rings. The largest absolute Gasteiger partial charge is 0.495 e. The first-order chi connectivity index (χ1) is 13.0. The third-order valence-corrected chi connectivity index (χ3v) is 4.48. The van der Waals surface area contributed by atoms with Crippen molar-refractivity contribution in [1.29, 1.82) is 0 Å². The minimum absolute atomic E-state index is 0.189. The number of hydrogen-bond acceptors (Lipinski definition) is 5. The molecule has 1 N–H and O–H groups in total. The molecule has 0 atom stereocenters. The van der Waals surface area contributed by atoms with Crippen LogP contribution in [0, 0.1) is 20.8 Å². The monoisotopic (exact) mass is 366 g/mol. The summed E-state index contributed by atoms with van der Waals surface area (Å²) in [6.07, 6.45) is 0. The molecule has 0 fully saturated rings. The first-order valence-electron chi connectivity index (χ1n) is 8.59. The van der Waals surface area contributed by atoms with Crippen LogP contribution in [-0.2, 0) is 6.61 Å². The van der Waals surface area contributed by atoms with Gasteiger partial charge in [0.1, 0.15) is 23.9 Å². The highest BCUT2D eigenvalue weighted by Crippen LogP contribution is 2.26. The molecule has 0 aliphatic heterocycles. The van der Waals surface area contributed by atoms with Crippen molar-refractivity contribution in [2.24, 2.45) is 0 Å². The van der Waals surface area contributed by atoms with Crippen molar-refractivity contribution < 1.29 is 18.8 Å². The second kappa shape index (κ2) is 7.95. The van der Waals surface area contributed by atoms with Gasteiger partial charge in [0.2, 0.25) is 0 Å². The number of ether oxygens (including phenoxy) is 2. The van der Waals surface area contributed by atoms with E-state index in [1.54, 1.807) is 26.2 Å². The average Bonchev–Trinajstić information content (AvgIpc) is 3.04. The number of benzene rings is 2. The molecule has 6 nitrogen and oxygen atoms in total. The lowest BCUT2D eigenvalue weighted by Gasteiger charge is -2.12. The third-order valence-electron chi connectivity index (χ3n) is 4.48.